The van der Waals surface area contributed by atoms with Crippen LogP contribution in [0.5, 0.6) is 0 Å². The second-order valence-corrected chi connectivity index (χ2v) is 10.3. The lowest BCUT2D eigenvalue weighted by Gasteiger charge is -2.10. The van der Waals surface area contributed by atoms with Crippen LogP contribution in [0.2, 0.25) is 0 Å². The number of nitrogens with zero attached hydrogens (tertiary/aromatic N) is 1. The van der Waals surface area contributed by atoms with Gasteiger partial charge in [0.1, 0.15) is 0 Å². The maximum absolute atomic E-state index is 12.8. The SMILES string of the molecule is Cc1ccc(S(=O)(=O)Nc2cccc(C(=O)Nc3nc4c(s3)Cc3ccccc3-4)c2)cc1. The van der Waals surface area contributed by atoms with Crippen molar-refractivity contribution < 1.29 is 13.2 Å². The predicted octanol–water partition coefficient (Wildman–Crippen LogP) is 5.08. The van der Waals surface area contributed by atoms with Gasteiger partial charge in [-0.3, -0.25) is 14.8 Å². The Hall–Kier alpha value is -3.49. The summed E-state index contributed by atoms with van der Waals surface area (Å²) in [7, 11) is -3.75. The molecule has 0 aliphatic heterocycles. The van der Waals surface area contributed by atoms with E-state index in [1.54, 1.807) is 42.5 Å². The van der Waals surface area contributed by atoms with Crippen molar-refractivity contribution in [2.75, 3.05) is 10.0 Å². The summed E-state index contributed by atoms with van der Waals surface area (Å²) >= 11 is 1.46. The van der Waals surface area contributed by atoms with Gasteiger partial charge in [-0.2, -0.15) is 0 Å². The molecule has 1 amide bonds. The van der Waals surface area contributed by atoms with Crippen LogP contribution in [0.15, 0.2) is 77.7 Å². The van der Waals surface area contributed by atoms with E-state index in [1.165, 1.54) is 23.0 Å². The molecule has 0 fully saturated rings. The van der Waals surface area contributed by atoms with E-state index in [2.05, 4.69) is 21.1 Å². The standard InChI is InChI=1S/C24H19N3O3S2/c1-15-9-11-19(12-10-15)32(29,30)27-18-7-4-6-17(13-18)23(28)26-24-25-22-20-8-3-2-5-16(20)14-21(22)31-24/h2-13,27H,14H2,1H3,(H,25,26,28). The number of amides is 1. The molecule has 1 aromatic heterocycles. The fourth-order valence-corrected chi connectivity index (χ4v) is 5.68. The second kappa shape index (κ2) is 7.89. The molecule has 32 heavy (non-hydrogen) atoms. The molecule has 1 aliphatic rings. The summed E-state index contributed by atoms with van der Waals surface area (Å²) in [6, 6.07) is 21.1. The molecular formula is C24H19N3O3S2. The average Bonchev–Trinajstić information content (AvgIpc) is 3.31. The maximum Gasteiger partial charge on any atom is 0.261 e. The molecule has 3 aromatic carbocycles. The topological polar surface area (TPSA) is 88.2 Å². The fourth-order valence-electron chi connectivity index (χ4n) is 3.64. The smallest absolute Gasteiger partial charge is 0.261 e. The van der Waals surface area contributed by atoms with E-state index in [0.717, 1.165) is 28.1 Å². The molecule has 0 unspecified atom stereocenters. The van der Waals surface area contributed by atoms with E-state index in [-0.39, 0.29) is 10.8 Å². The molecule has 0 atom stereocenters. The molecular weight excluding hydrogens is 442 g/mol. The molecule has 2 N–H and O–H groups in total. The number of aromatic nitrogens is 1. The number of thiazole rings is 1. The van der Waals surface area contributed by atoms with Crippen molar-refractivity contribution in [3.63, 3.8) is 0 Å². The molecule has 6 nitrogen and oxygen atoms in total. The number of nitrogens with one attached hydrogen (secondary N) is 2. The highest BCUT2D eigenvalue weighted by Gasteiger charge is 2.23. The first-order valence-corrected chi connectivity index (χ1v) is 12.3. The molecule has 0 saturated carbocycles. The van der Waals surface area contributed by atoms with E-state index in [0.29, 0.717) is 16.4 Å². The fraction of sp³-hybridized carbons (Fsp3) is 0.0833. The van der Waals surface area contributed by atoms with Crippen molar-refractivity contribution in [2.45, 2.75) is 18.2 Å². The van der Waals surface area contributed by atoms with Crippen molar-refractivity contribution >= 4 is 38.1 Å². The molecule has 1 aliphatic carbocycles. The summed E-state index contributed by atoms with van der Waals surface area (Å²) < 4.78 is 27.8. The highest BCUT2D eigenvalue weighted by molar-refractivity contribution is 7.92. The third kappa shape index (κ3) is 3.90. The minimum Gasteiger partial charge on any atom is -0.298 e. The molecule has 4 aromatic rings. The number of carbonyl (C=O) groups is 1. The molecule has 5 rings (SSSR count). The normalized spacial score (nSPS) is 12.2. The van der Waals surface area contributed by atoms with Gasteiger partial charge < -0.3 is 0 Å². The molecule has 0 bridgehead atoms. The van der Waals surface area contributed by atoms with E-state index < -0.39 is 10.0 Å². The van der Waals surface area contributed by atoms with Gasteiger partial charge in [-0.15, -0.1) is 11.3 Å². The summed E-state index contributed by atoms with van der Waals surface area (Å²) in [4.78, 5) is 18.7. The lowest BCUT2D eigenvalue weighted by Crippen LogP contribution is -2.15. The number of carbonyl (C=O) groups excluding carboxylic acids is 1. The Morgan fingerprint density at radius 1 is 1.00 bits per heavy atom. The predicted molar refractivity (Wildman–Crippen MR) is 127 cm³/mol. The first kappa shape index (κ1) is 20.4. The van der Waals surface area contributed by atoms with Crippen molar-refractivity contribution in [2.24, 2.45) is 0 Å². The summed E-state index contributed by atoms with van der Waals surface area (Å²) in [5, 5.41) is 3.37. The van der Waals surface area contributed by atoms with Gasteiger partial charge in [-0.25, -0.2) is 13.4 Å². The Bertz CT molecular complexity index is 1440. The molecule has 0 spiro atoms. The number of sulfonamides is 1. The van der Waals surface area contributed by atoms with E-state index >= 15 is 0 Å². The van der Waals surface area contributed by atoms with Crippen LogP contribution in [-0.2, 0) is 16.4 Å². The molecule has 1 heterocycles. The van der Waals surface area contributed by atoms with Gasteiger partial charge in [0.15, 0.2) is 5.13 Å². The summed E-state index contributed by atoms with van der Waals surface area (Å²) in [6.45, 7) is 1.89. The third-order valence-corrected chi connectivity index (χ3v) is 7.62. The van der Waals surface area contributed by atoms with Gasteiger partial charge in [0.2, 0.25) is 0 Å². The second-order valence-electron chi connectivity index (χ2n) is 7.58. The number of fused-ring (bicyclic) bond motifs is 3. The van der Waals surface area contributed by atoms with Gasteiger partial charge in [0.25, 0.3) is 15.9 Å². The summed E-state index contributed by atoms with van der Waals surface area (Å²) in [5.74, 6) is -0.345. The van der Waals surface area contributed by atoms with Crippen molar-refractivity contribution in [1.82, 2.24) is 4.98 Å². The largest absolute Gasteiger partial charge is 0.298 e. The van der Waals surface area contributed by atoms with E-state index in [1.807, 2.05) is 25.1 Å². The zero-order chi connectivity index (χ0) is 22.3. The van der Waals surface area contributed by atoms with Crippen molar-refractivity contribution in [1.29, 1.82) is 0 Å². The highest BCUT2D eigenvalue weighted by atomic mass is 32.2. The number of rotatable bonds is 5. The zero-order valence-corrected chi connectivity index (χ0v) is 18.8. The average molecular weight is 462 g/mol. The minimum absolute atomic E-state index is 0.163. The molecule has 8 heteroatoms. The summed E-state index contributed by atoms with van der Waals surface area (Å²) in [5.41, 5.74) is 4.89. The number of hydrogen-bond acceptors (Lipinski definition) is 5. The first-order chi connectivity index (χ1) is 15.4. The first-order valence-electron chi connectivity index (χ1n) is 9.98. The van der Waals surface area contributed by atoms with Gasteiger partial charge in [0.05, 0.1) is 10.6 Å². The van der Waals surface area contributed by atoms with Crippen LogP contribution in [0, 0.1) is 6.92 Å². The monoisotopic (exact) mass is 461 g/mol. The zero-order valence-electron chi connectivity index (χ0n) is 17.1. The Labute approximate surface area is 190 Å². The summed E-state index contributed by atoms with van der Waals surface area (Å²) in [6.07, 6.45) is 0.815. The van der Waals surface area contributed by atoms with Crippen LogP contribution < -0.4 is 10.0 Å². The van der Waals surface area contributed by atoms with Crippen LogP contribution >= 0.6 is 11.3 Å². The lowest BCUT2D eigenvalue weighted by molar-refractivity contribution is 0.102. The number of anilines is 2. The Morgan fingerprint density at radius 3 is 2.59 bits per heavy atom. The van der Waals surface area contributed by atoms with Gasteiger partial charge >= 0.3 is 0 Å². The van der Waals surface area contributed by atoms with Crippen LogP contribution in [-0.4, -0.2) is 19.3 Å². The third-order valence-electron chi connectivity index (χ3n) is 5.25. The van der Waals surface area contributed by atoms with E-state index in [4.69, 9.17) is 0 Å². The molecule has 0 saturated heterocycles. The van der Waals surface area contributed by atoms with Gasteiger partial charge in [0, 0.05) is 28.1 Å². The number of benzene rings is 3. The Balaban J connectivity index is 1.33. The van der Waals surface area contributed by atoms with Crippen LogP contribution in [0.1, 0.15) is 26.4 Å². The maximum atomic E-state index is 12.8. The van der Waals surface area contributed by atoms with Gasteiger partial charge in [-0.05, 0) is 42.8 Å². The number of hydrogen-bond donors (Lipinski definition) is 2. The van der Waals surface area contributed by atoms with Crippen molar-refractivity contribution in [3.05, 3.63) is 94.4 Å². The van der Waals surface area contributed by atoms with Crippen LogP contribution in [0.25, 0.3) is 11.3 Å². The van der Waals surface area contributed by atoms with Crippen LogP contribution in [0.3, 0.4) is 0 Å². The van der Waals surface area contributed by atoms with Crippen LogP contribution in [0.4, 0.5) is 10.8 Å². The quantitative estimate of drug-likeness (QED) is 0.382. The number of aryl methyl sites for hydroxylation is 1. The highest BCUT2D eigenvalue weighted by Crippen LogP contribution is 2.40. The Morgan fingerprint density at radius 2 is 1.78 bits per heavy atom. The molecule has 160 valence electrons. The van der Waals surface area contributed by atoms with E-state index in [9.17, 15) is 13.2 Å². The minimum atomic E-state index is -3.75. The van der Waals surface area contributed by atoms with Gasteiger partial charge in [-0.1, -0.05) is 48.0 Å². The van der Waals surface area contributed by atoms with Crippen molar-refractivity contribution in [3.8, 4) is 11.3 Å². The lowest BCUT2D eigenvalue weighted by atomic mass is 10.1. The Kier molecular flexibility index (Phi) is 5.03. The molecule has 0 radical (unpaired) electrons.